The van der Waals surface area contributed by atoms with Crippen LogP contribution in [0.1, 0.15) is 278 Å². The zero-order valence-corrected chi connectivity index (χ0v) is 49.6. The normalized spacial score (nSPS) is 13.8. The number of unbranched alkanes of at least 4 members (excludes halogenated alkanes) is 28. The fourth-order valence-corrected chi connectivity index (χ4v) is 9.22. The van der Waals surface area contributed by atoms with Crippen LogP contribution in [0.15, 0.2) is 72.9 Å². The first-order valence-corrected chi connectivity index (χ1v) is 32.3. The van der Waals surface area contributed by atoms with Crippen LogP contribution in [0.25, 0.3) is 0 Å². The van der Waals surface area contributed by atoms with Gasteiger partial charge in [0.05, 0.1) is 19.8 Å². The largest absolute Gasteiger partial charge is 0.472 e. The third-order valence-electron chi connectivity index (χ3n) is 13.1. The van der Waals surface area contributed by atoms with Gasteiger partial charge in [-0.1, -0.05) is 241 Å². The Morgan fingerprint density at radius 1 is 0.382 bits per heavy atom. The van der Waals surface area contributed by atoms with E-state index in [1.807, 2.05) is 0 Å². The summed E-state index contributed by atoms with van der Waals surface area (Å²) in [6.07, 6.45) is 65.7. The fraction of sp³-hybridized carbons (Fsp3) is 0.766. The Balaban J connectivity index is 4.74. The quantitative estimate of drug-likeness (QED) is 0.0197. The van der Waals surface area contributed by atoms with E-state index in [9.17, 15) is 28.9 Å². The van der Waals surface area contributed by atoms with Crippen molar-refractivity contribution in [3.05, 3.63) is 72.9 Å². The molecule has 0 fully saturated rings. The molecule has 440 valence electrons. The number of carbonyl (C=O) groups is 3. The monoisotopic (exact) mass is 1090 g/mol. The zero-order valence-electron chi connectivity index (χ0n) is 48.7. The Hall–Kier alpha value is -3.08. The van der Waals surface area contributed by atoms with Crippen molar-refractivity contribution in [3.8, 4) is 0 Å². The molecule has 76 heavy (non-hydrogen) atoms. The molecule has 0 heterocycles. The smallest absolute Gasteiger partial charge is 0.462 e. The zero-order chi connectivity index (χ0) is 55.5. The van der Waals surface area contributed by atoms with Crippen molar-refractivity contribution in [1.82, 2.24) is 0 Å². The van der Waals surface area contributed by atoms with Crippen LogP contribution in [0.4, 0.5) is 0 Å². The predicted octanol–water partition coefficient (Wildman–Crippen LogP) is 18.5. The molecule has 0 aromatic carbocycles. The standard InChI is InChI=1S/C64H113O11P/c1-4-7-10-13-16-19-22-25-28-29-30-31-34-37-40-43-46-49-52-55-64(68)75-61(57-71-62(66)53-50-47-44-41-38-35-32-26-23-20-17-14-11-8-5-2)59-73-76(69,70)72-58-60(56-65)74-63(67)54-51-48-45-42-39-36-33-27-24-21-18-15-12-9-6-3/h9,12,16,18-19,21,25,27-28,33,39,42,60-61,65H,4-8,10-11,13-15,17,20,22-24,26,29-32,34-38,40-41,43-59H2,1-3H3,(H,69,70)/b12-9-,19-16-,21-18-,28-25-,33-27-,42-39-. The van der Waals surface area contributed by atoms with Gasteiger partial charge >= 0.3 is 25.7 Å². The fourth-order valence-electron chi connectivity index (χ4n) is 8.44. The minimum Gasteiger partial charge on any atom is -0.462 e. The average molecular weight is 1090 g/mol. The second-order valence-electron chi connectivity index (χ2n) is 20.5. The Morgan fingerprint density at radius 2 is 0.684 bits per heavy atom. The van der Waals surface area contributed by atoms with Crippen LogP contribution in [-0.4, -0.2) is 66.5 Å². The molecule has 12 heteroatoms. The first kappa shape index (κ1) is 72.9. The van der Waals surface area contributed by atoms with E-state index in [0.717, 1.165) is 89.9 Å². The maximum Gasteiger partial charge on any atom is 0.472 e. The van der Waals surface area contributed by atoms with Gasteiger partial charge in [0.1, 0.15) is 12.7 Å². The van der Waals surface area contributed by atoms with Gasteiger partial charge in [0.2, 0.25) is 0 Å². The first-order chi connectivity index (χ1) is 37.2. The van der Waals surface area contributed by atoms with Crippen LogP contribution < -0.4 is 0 Å². The molecular formula is C64H113O11P. The van der Waals surface area contributed by atoms with E-state index in [-0.39, 0.29) is 25.9 Å². The highest BCUT2D eigenvalue weighted by Crippen LogP contribution is 2.43. The highest BCUT2D eigenvalue weighted by molar-refractivity contribution is 7.47. The van der Waals surface area contributed by atoms with Gasteiger partial charge in [-0.3, -0.25) is 23.4 Å². The van der Waals surface area contributed by atoms with Gasteiger partial charge in [0, 0.05) is 19.3 Å². The number of phosphoric ester groups is 1. The number of aliphatic hydroxyl groups excluding tert-OH is 1. The van der Waals surface area contributed by atoms with Crippen molar-refractivity contribution in [2.75, 3.05) is 26.4 Å². The molecule has 0 amide bonds. The predicted molar refractivity (Wildman–Crippen MR) is 316 cm³/mol. The van der Waals surface area contributed by atoms with Gasteiger partial charge in [0.15, 0.2) is 6.10 Å². The molecule has 0 aliphatic rings. The van der Waals surface area contributed by atoms with Gasteiger partial charge in [-0.05, 0) is 89.9 Å². The number of aliphatic hydroxyl groups is 1. The van der Waals surface area contributed by atoms with E-state index >= 15 is 0 Å². The van der Waals surface area contributed by atoms with E-state index in [0.29, 0.717) is 19.3 Å². The van der Waals surface area contributed by atoms with Crippen molar-refractivity contribution in [2.24, 2.45) is 0 Å². The van der Waals surface area contributed by atoms with Crippen molar-refractivity contribution < 1.29 is 52.2 Å². The Labute approximate surface area is 465 Å². The van der Waals surface area contributed by atoms with E-state index < -0.39 is 57.8 Å². The molecule has 3 unspecified atom stereocenters. The van der Waals surface area contributed by atoms with Gasteiger partial charge in [-0.25, -0.2) is 4.57 Å². The Morgan fingerprint density at radius 3 is 1.11 bits per heavy atom. The van der Waals surface area contributed by atoms with Crippen molar-refractivity contribution in [3.63, 3.8) is 0 Å². The number of ether oxygens (including phenoxy) is 3. The summed E-state index contributed by atoms with van der Waals surface area (Å²) in [4.78, 5) is 48.6. The number of phosphoric acid groups is 1. The molecule has 0 saturated carbocycles. The van der Waals surface area contributed by atoms with Crippen LogP contribution in [0.2, 0.25) is 0 Å². The van der Waals surface area contributed by atoms with E-state index in [4.69, 9.17) is 23.3 Å². The van der Waals surface area contributed by atoms with Crippen LogP contribution >= 0.6 is 7.82 Å². The molecule has 0 radical (unpaired) electrons. The Kier molecular flexibility index (Phi) is 55.7. The number of hydrogen-bond acceptors (Lipinski definition) is 10. The second-order valence-corrected chi connectivity index (χ2v) is 21.9. The number of esters is 3. The van der Waals surface area contributed by atoms with Gasteiger partial charge in [-0.2, -0.15) is 0 Å². The van der Waals surface area contributed by atoms with Gasteiger partial charge in [0.25, 0.3) is 0 Å². The number of hydrogen-bond donors (Lipinski definition) is 2. The summed E-state index contributed by atoms with van der Waals surface area (Å²) < 4.78 is 39.6. The average Bonchev–Trinajstić information content (AvgIpc) is 3.41. The van der Waals surface area contributed by atoms with Gasteiger partial charge < -0.3 is 24.2 Å². The first-order valence-electron chi connectivity index (χ1n) is 30.8. The maximum atomic E-state index is 12.9. The van der Waals surface area contributed by atoms with Crippen LogP contribution in [0, 0.1) is 0 Å². The lowest BCUT2D eigenvalue weighted by molar-refractivity contribution is -0.161. The summed E-state index contributed by atoms with van der Waals surface area (Å²) in [5.74, 6) is -1.50. The van der Waals surface area contributed by atoms with Crippen molar-refractivity contribution in [1.29, 1.82) is 0 Å². The summed E-state index contributed by atoms with van der Waals surface area (Å²) in [5.41, 5.74) is 0. The SMILES string of the molecule is CC/C=C\C/C=C\C/C=C\C/C=C\CCCCC(=O)OC(CO)COP(=O)(O)OCC(COC(=O)CCCCCCCCCCCCCCCCC)OC(=O)CCCCCCCCCCC/C=C\C/C=C\CCCCC. The molecule has 0 saturated heterocycles. The van der Waals surface area contributed by atoms with E-state index in [2.05, 4.69) is 93.7 Å². The molecule has 0 aromatic rings. The molecule has 2 N–H and O–H groups in total. The molecule has 0 aliphatic heterocycles. The topological polar surface area (TPSA) is 155 Å². The van der Waals surface area contributed by atoms with Crippen molar-refractivity contribution >= 4 is 25.7 Å². The summed E-state index contributed by atoms with van der Waals surface area (Å²) in [6, 6.07) is 0. The lowest BCUT2D eigenvalue weighted by Gasteiger charge is -2.21. The molecule has 3 atom stereocenters. The molecule has 0 aliphatic carbocycles. The minimum absolute atomic E-state index is 0.124. The summed E-state index contributed by atoms with van der Waals surface area (Å²) in [6.45, 7) is 4.49. The van der Waals surface area contributed by atoms with Crippen LogP contribution in [0.3, 0.4) is 0 Å². The lowest BCUT2D eigenvalue weighted by atomic mass is 10.0. The molecule has 0 rings (SSSR count). The van der Waals surface area contributed by atoms with Crippen molar-refractivity contribution in [2.45, 2.75) is 290 Å². The molecule has 0 bridgehead atoms. The summed E-state index contributed by atoms with van der Waals surface area (Å²) in [7, 11) is -4.76. The second kappa shape index (κ2) is 58.1. The molecule has 11 nitrogen and oxygen atoms in total. The van der Waals surface area contributed by atoms with E-state index in [1.54, 1.807) is 0 Å². The number of carbonyl (C=O) groups excluding carboxylic acids is 3. The minimum atomic E-state index is -4.76. The lowest BCUT2D eigenvalue weighted by Crippen LogP contribution is -2.30. The number of rotatable bonds is 57. The third-order valence-corrected chi connectivity index (χ3v) is 14.1. The van der Waals surface area contributed by atoms with Crippen LogP contribution in [-0.2, 0) is 42.2 Å². The molecule has 0 spiro atoms. The van der Waals surface area contributed by atoms with Crippen LogP contribution in [0.5, 0.6) is 0 Å². The molecular weight excluding hydrogens is 976 g/mol. The summed E-state index contributed by atoms with van der Waals surface area (Å²) >= 11 is 0. The number of allylic oxidation sites excluding steroid dienone is 12. The van der Waals surface area contributed by atoms with E-state index in [1.165, 1.54) is 128 Å². The highest BCUT2D eigenvalue weighted by atomic mass is 31.2. The summed E-state index contributed by atoms with van der Waals surface area (Å²) in [5, 5.41) is 9.82. The Bertz CT molecular complexity index is 1550. The third kappa shape index (κ3) is 55.7. The van der Waals surface area contributed by atoms with Gasteiger partial charge in [-0.15, -0.1) is 0 Å². The highest BCUT2D eigenvalue weighted by Gasteiger charge is 2.28. The molecule has 0 aromatic heterocycles. The maximum absolute atomic E-state index is 12.9.